The number of hydrogen-bond donors (Lipinski definition) is 2. The minimum atomic E-state index is 0. The minimum absolute atomic E-state index is 0. The number of aryl methyl sites for hydroxylation is 2. The first-order chi connectivity index (χ1) is 10.6. The molecule has 0 aliphatic rings. The Hall–Kier alpha value is -1.76. The Morgan fingerprint density at radius 2 is 1.83 bits per heavy atom. The van der Waals surface area contributed by atoms with Crippen LogP contribution in [0.3, 0.4) is 0 Å². The second-order valence-corrected chi connectivity index (χ2v) is 5.30. The van der Waals surface area contributed by atoms with Gasteiger partial charge in [0.2, 0.25) is 0 Å². The van der Waals surface area contributed by atoms with Crippen LogP contribution in [0.4, 0.5) is 5.69 Å². The zero-order valence-electron chi connectivity index (χ0n) is 13.8. The van der Waals surface area contributed by atoms with Gasteiger partial charge in [0.1, 0.15) is 5.75 Å². The first-order valence-electron chi connectivity index (χ1n) is 7.35. The lowest BCUT2D eigenvalue weighted by atomic mass is 10.0. The van der Waals surface area contributed by atoms with Crippen molar-refractivity contribution in [2.45, 2.75) is 20.3 Å². The Bertz CT molecular complexity index is 654. The highest BCUT2D eigenvalue weighted by Gasteiger charge is 1.99. The highest BCUT2D eigenvalue weighted by molar-refractivity contribution is 14.0. The van der Waals surface area contributed by atoms with Crippen LogP contribution in [0.5, 0.6) is 5.75 Å². The van der Waals surface area contributed by atoms with Crippen LogP contribution in [0, 0.1) is 13.8 Å². The highest BCUT2D eigenvalue weighted by atomic mass is 127. The van der Waals surface area contributed by atoms with Gasteiger partial charge in [-0.15, -0.1) is 24.0 Å². The molecule has 0 aliphatic heterocycles. The van der Waals surface area contributed by atoms with Crippen molar-refractivity contribution >= 4 is 35.6 Å². The lowest BCUT2D eigenvalue weighted by Crippen LogP contribution is -2.23. The Morgan fingerprint density at radius 3 is 2.43 bits per heavy atom. The van der Waals surface area contributed by atoms with Gasteiger partial charge < -0.3 is 15.8 Å². The standard InChI is InChI=1S/C18H23N3O.HI/c1-13-4-5-15(14(2)12-13)10-11-20-18(19)21-16-6-8-17(22-3)9-7-16;/h4-9,12H,10-11H2,1-3H3,(H3,19,20,21);1H. The molecule has 0 unspecified atom stereocenters. The number of halogens is 1. The molecule has 0 atom stereocenters. The average molecular weight is 425 g/mol. The molecule has 0 bridgehead atoms. The minimum Gasteiger partial charge on any atom is -0.497 e. The van der Waals surface area contributed by atoms with Crippen LogP contribution in [-0.4, -0.2) is 19.6 Å². The molecule has 124 valence electrons. The monoisotopic (exact) mass is 425 g/mol. The summed E-state index contributed by atoms with van der Waals surface area (Å²) in [7, 11) is 1.64. The molecule has 23 heavy (non-hydrogen) atoms. The molecule has 0 radical (unpaired) electrons. The summed E-state index contributed by atoms with van der Waals surface area (Å²) in [6.07, 6.45) is 0.886. The number of nitrogens with zero attached hydrogens (tertiary/aromatic N) is 1. The van der Waals surface area contributed by atoms with Crippen molar-refractivity contribution in [1.82, 2.24) is 0 Å². The maximum absolute atomic E-state index is 5.91. The molecule has 3 N–H and O–H groups in total. The van der Waals surface area contributed by atoms with Crippen molar-refractivity contribution in [3.05, 3.63) is 59.2 Å². The summed E-state index contributed by atoms with van der Waals surface area (Å²) in [6, 6.07) is 14.1. The van der Waals surface area contributed by atoms with Gasteiger partial charge in [-0.1, -0.05) is 23.8 Å². The number of nitrogens with two attached hydrogens (primary N) is 1. The molecule has 2 aromatic carbocycles. The molecule has 2 rings (SSSR count). The molecule has 0 saturated carbocycles. The Labute approximate surface area is 155 Å². The van der Waals surface area contributed by atoms with E-state index in [9.17, 15) is 0 Å². The summed E-state index contributed by atoms with van der Waals surface area (Å²) >= 11 is 0. The molecule has 2 aromatic rings. The van der Waals surface area contributed by atoms with Gasteiger partial charge in [0.05, 0.1) is 7.11 Å². The average Bonchev–Trinajstić information content (AvgIpc) is 2.50. The number of guanidine groups is 1. The van der Waals surface area contributed by atoms with E-state index in [0.717, 1.165) is 17.9 Å². The second-order valence-electron chi connectivity index (χ2n) is 5.30. The van der Waals surface area contributed by atoms with Gasteiger partial charge in [0, 0.05) is 12.2 Å². The second kappa shape index (κ2) is 9.39. The first kappa shape index (κ1) is 19.3. The zero-order valence-corrected chi connectivity index (χ0v) is 16.1. The summed E-state index contributed by atoms with van der Waals surface area (Å²) in [5.74, 6) is 1.24. The maximum Gasteiger partial charge on any atom is 0.193 e. The maximum atomic E-state index is 5.91. The number of rotatable bonds is 5. The molecule has 0 fully saturated rings. The quantitative estimate of drug-likeness (QED) is 0.434. The Kier molecular flexibility index (Phi) is 7.88. The van der Waals surface area contributed by atoms with E-state index in [1.54, 1.807) is 7.11 Å². The smallest absolute Gasteiger partial charge is 0.193 e. The molecule has 0 aromatic heterocycles. The summed E-state index contributed by atoms with van der Waals surface area (Å²) in [4.78, 5) is 4.37. The predicted octanol–water partition coefficient (Wildman–Crippen LogP) is 3.90. The predicted molar refractivity (Wildman–Crippen MR) is 108 cm³/mol. The topological polar surface area (TPSA) is 59.6 Å². The van der Waals surface area contributed by atoms with Gasteiger partial charge in [0.15, 0.2) is 5.96 Å². The number of ether oxygens (including phenoxy) is 1. The SMILES string of the molecule is COc1ccc(NC(N)=NCCc2ccc(C)cc2C)cc1.I. The van der Waals surface area contributed by atoms with Gasteiger partial charge in [-0.3, -0.25) is 4.99 Å². The molecule has 0 spiro atoms. The van der Waals surface area contributed by atoms with E-state index >= 15 is 0 Å². The number of anilines is 1. The van der Waals surface area contributed by atoms with Crippen LogP contribution in [-0.2, 0) is 6.42 Å². The third-order valence-electron chi connectivity index (χ3n) is 3.52. The van der Waals surface area contributed by atoms with Gasteiger partial charge >= 0.3 is 0 Å². The van der Waals surface area contributed by atoms with Crippen LogP contribution in [0.2, 0.25) is 0 Å². The van der Waals surface area contributed by atoms with E-state index in [1.165, 1.54) is 16.7 Å². The van der Waals surface area contributed by atoms with E-state index < -0.39 is 0 Å². The molecule has 0 heterocycles. The van der Waals surface area contributed by atoms with Crippen LogP contribution < -0.4 is 15.8 Å². The lowest BCUT2D eigenvalue weighted by molar-refractivity contribution is 0.415. The lowest BCUT2D eigenvalue weighted by Gasteiger charge is -2.08. The van der Waals surface area contributed by atoms with Crippen molar-refractivity contribution in [2.75, 3.05) is 19.0 Å². The van der Waals surface area contributed by atoms with Crippen molar-refractivity contribution in [3.63, 3.8) is 0 Å². The van der Waals surface area contributed by atoms with Crippen molar-refractivity contribution in [2.24, 2.45) is 10.7 Å². The molecule has 0 saturated heterocycles. The molecule has 5 heteroatoms. The van der Waals surface area contributed by atoms with E-state index in [1.807, 2.05) is 24.3 Å². The number of aliphatic imine (C=N–C) groups is 1. The number of nitrogens with one attached hydrogen (secondary N) is 1. The van der Waals surface area contributed by atoms with Crippen LogP contribution in [0.1, 0.15) is 16.7 Å². The third-order valence-corrected chi connectivity index (χ3v) is 3.52. The van der Waals surface area contributed by atoms with E-state index in [4.69, 9.17) is 10.5 Å². The molecular formula is C18H24IN3O. The Morgan fingerprint density at radius 1 is 1.13 bits per heavy atom. The van der Waals surface area contributed by atoms with E-state index in [0.29, 0.717) is 12.5 Å². The number of benzene rings is 2. The van der Waals surface area contributed by atoms with Crippen LogP contribution in [0.25, 0.3) is 0 Å². The van der Waals surface area contributed by atoms with Crippen molar-refractivity contribution in [1.29, 1.82) is 0 Å². The van der Waals surface area contributed by atoms with Gasteiger partial charge in [-0.2, -0.15) is 0 Å². The van der Waals surface area contributed by atoms with E-state index in [-0.39, 0.29) is 24.0 Å². The number of methoxy groups -OCH3 is 1. The van der Waals surface area contributed by atoms with Crippen molar-refractivity contribution < 1.29 is 4.74 Å². The first-order valence-corrected chi connectivity index (χ1v) is 7.35. The third kappa shape index (κ3) is 6.09. The largest absolute Gasteiger partial charge is 0.497 e. The summed E-state index contributed by atoms with van der Waals surface area (Å²) in [5, 5.41) is 3.08. The van der Waals surface area contributed by atoms with Gasteiger partial charge in [-0.05, 0) is 55.7 Å². The zero-order chi connectivity index (χ0) is 15.9. The highest BCUT2D eigenvalue weighted by Crippen LogP contribution is 2.15. The van der Waals surface area contributed by atoms with Gasteiger partial charge in [0.25, 0.3) is 0 Å². The molecule has 4 nitrogen and oxygen atoms in total. The summed E-state index contributed by atoms with van der Waals surface area (Å²) in [6.45, 7) is 4.90. The summed E-state index contributed by atoms with van der Waals surface area (Å²) in [5.41, 5.74) is 10.7. The fourth-order valence-electron chi connectivity index (χ4n) is 2.28. The molecule has 0 amide bonds. The van der Waals surface area contributed by atoms with Gasteiger partial charge in [-0.25, -0.2) is 0 Å². The van der Waals surface area contributed by atoms with Crippen molar-refractivity contribution in [3.8, 4) is 5.75 Å². The fourth-order valence-corrected chi connectivity index (χ4v) is 2.28. The van der Waals surface area contributed by atoms with E-state index in [2.05, 4.69) is 42.4 Å². The van der Waals surface area contributed by atoms with Crippen LogP contribution >= 0.6 is 24.0 Å². The molecular weight excluding hydrogens is 401 g/mol. The Balaban J connectivity index is 0.00000264. The number of hydrogen-bond acceptors (Lipinski definition) is 2. The molecule has 0 aliphatic carbocycles. The van der Waals surface area contributed by atoms with Crippen LogP contribution in [0.15, 0.2) is 47.5 Å². The summed E-state index contributed by atoms with van der Waals surface area (Å²) < 4.78 is 5.12. The normalized spacial score (nSPS) is 10.8. The fraction of sp³-hybridized carbons (Fsp3) is 0.278.